The molecule has 0 spiro atoms. The van der Waals surface area contributed by atoms with Crippen LogP contribution in [0.2, 0.25) is 16.6 Å². The van der Waals surface area contributed by atoms with E-state index in [4.69, 9.17) is 23.6 Å². The highest BCUT2D eigenvalue weighted by atomic mass is 28.4. The number of piperazine rings is 1. The molecule has 0 unspecified atom stereocenters. The summed E-state index contributed by atoms with van der Waals surface area (Å²) in [5, 5.41) is 14.6. The average molecular weight is 914 g/mol. The number of amides is 1. The van der Waals surface area contributed by atoms with Gasteiger partial charge >= 0.3 is 12.1 Å². The molecule has 4 aromatic rings. The van der Waals surface area contributed by atoms with Crippen molar-refractivity contribution in [1.29, 1.82) is 0 Å². The van der Waals surface area contributed by atoms with Gasteiger partial charge in [0.2, 0.25) is 0 Å². The number of aryl methyl sites for hydroxylation is 1. The number of methoxy groups -OCH3 is 2. The van der Waals surface area contributed by atoms with Crippen LogP contribution in [0.4, 0.5) is 10.5 Å². The molecule has 2 N–H and O–H groups in total. The lowest BCUT2D eigenvalue weighted by atomic mass is 9.84. The van der Waals surface area contributed by atoms with E-state index in [0.717, 1.165) is 87.7 Å². The number of nitrogens with zero attached hydrogens (tertiary/aromatic N) is 4. The van der Waals surface area contributed by atoms with Crippen molar-refractivity contribution in [3.63, 3.8) is 0 Å². The number of fused-ring (bicyclic) bond motifs is 1. The van der Waals surface area contributed by atoms with Gasteiger partial charge in [-0.15, -0.1) is 0 Å². The summed E-state index contributed by atoms with van der Waals surface area (Å²) in [6.07, 6.45) is 1.80. The molecular formula is C52H79N5O7Si. The molecule has 3 heterocycles. The smallest absolute Gasteiger partial charge is 0.408 e. The van der Waals surface area contributed by atoms with Gasteiger partial charge < -0.3 is 43.4 Å². The predicted molar refractivity (Wildman–Crippen MR) is 267 cm³/mol. The molecule has 12 nitrogen and oxygen atoms in total. The number of carbonyl (C=O) groups excluding carboxylic acids is 2. The second-order valence-electron chi connectivity index (χ2n) is 20.8. The number of hydrogen-bond acceptors (Lipinski definition) is 10. The van der Waals surface area contributed by atoms with Gasteiger partial charge in [-0.1, -0.05) is 67.5 Å². The Hall–Kier alpha value is -4.43. The van der Waals surface area contributed by atoms with Crippen molar-refractivity contribution < 1.29 is 33.3 Å². The Morgan fingerprint density at radius 3 is 2.08 bits per heavy atom. The third kappa shape index (κ3) is 11.8. The zero-order chi connectivity index (χ0) is 48.2. The van der Waals surface area contributed by atoms with Crippen molar-refractivity contribution in [2.45, 2.75) is 144 Å². The molecule has 5 rings (SSSR count). The minimum absolute atomic E-state index is 0.0144. The lowest BCUT2D eigenvalue weighted by molar-refractivity contribution is -0.143. The molecule has 358 valence electrons. The molecule has 1 fully saturated rings. The van der Waals surface area contributed by atoms with E-state index >= 15 is 0 Å². The van der Waals surface area contributed by atoms with E-state index in [1.807, 2.05) is 19.2 Å². The van der Waals surface area contributed by atoms with Gasteiger partial charge in [0.25, 0.3) is 8.32 Å². The maximum atomic E-state index is 13.3. The first-order valence-corrected chi connectivity index (χ1v) is 25.8. The molecule has 65 heavy (non-hydrogen) atoms. The van der Waals surface area contributed by atoms with Crippen LogP contribution in [0.15, 0.2) is 48.7 Å². The van der Waals surface area contributed by atoms with E-state index in [1.165, 1.54) is 7.11 Å². The Morgan fingerprint density at radius 1 is 0.877 bits per heavy atom. The number of hydrogen-bond donors (Lipinski definition) is 2. The molecule has 2 atom stereocenters. The number of ether oxygens (including phenoxy) is 3. The first-order chi connectivity index (χ1) is 30.5. The van der Waals surface area contributed by atoms with Crippen molar-refractivity contribution >= 4 is 37.0 Å². The maximum absolute atomic E-state index is 13.3. The van der Waals surface area contributed by atoms with Gasteiger partial charge in [0.1, 0.15) is 17.4 Å². The van der Waals surface area contributed by atoms with Gasteiger partial charge in [0.15, 0.2) is 0 Å². The minimum Gasteiger partial charge on any atom is -0.543 e. The number of aromatic nitrogens is 2. The quantitative estimate of drug-likeness (QED) is 0.0736. The van der Waals surface area contributed by atoms with E-state index in [1.54, 1.807) is 27.9 Å². The molecule has 0 radical (unpaired) electrons. The summed E-state index contributed by atoms with van der Waals surface area (Å²) in [6, 6.07) is 14.2. The van der Waals surface area contributed by atoms with Crippen LogP contribution in [0.1, 0.15) is 113 Å². The van der Waals surface area contributed by atoms with Gasteiger partial charge in [-0.25, -0.2) is 9.59 Å². The van der Waals surface area contributed by atoms with Gasteiger partial charge in [-0.2, -0.15) is 0 Å². The fraction of sp³-hybridized carbons (Fsp3) is 0.596. The summed E-state index contributed by atoms with van der Waals surface area (Å²) in [5.74, 6) is 0.165. The molecule has 1 aliphatic heterocycles. The highest BCUT2D eigenvalue weighted by Crippen LogP contribution is 2.45. The zero-order valence-corrected chi connectivity index (χ0v) is 43.3. The van der Waals surface area contributed by atoms with Crippen LogP contribution in [-0.4, -0.2) is 106 Å². The fourth-order valence-electron chi connectivity index (χ4n) is 9.86. The molecule has 0 saturated carbocycles. The third-order valence-electron chi connectivity index (χ3n) is 13.3. The molecule has 1 amide bonds. The van der Waals surface area contributed by atoms with Crippen molar-refractivity contribution in [3.8, 4) is 28.1 Å². The standard InChI is InChI=1S/C52H79N5O7Si/c1-17-57-46-19-18-38(28-42(46)44(30-52(12,13)32-58)48(57)43-29-40(31-53-47(43)36(8)61-15)56-22-20-55(14)21-23-56)39-24-37(26-45(49(59)62-16)54-50(60)63-51(9,10)11)25-41(27-39)64-65(33(2)3,34(4)5)35(6)7/h18-19,24-25,27-29,31,33-36,45,58H,17,20-23,26,30,32H2,1-16H3,(H,54,60)/t36-,45-/m0/s1. The zero-order valence-electron chi connectivity index (χ0n) is 42.3. The Kier molecular flexibility index (Phi) is 16.7. The number of pyridine rings is 1. The molecular weight excluding hydrogens is 835 g/mol. The lowest BCUT2D eigenvalue weighted by Gasteiger charge is -2.42. The number of nitrogens with one attached hydrogen (secondary N) is 1. The number of esters is 1. The molecule has 0 aliphatic carbocycles. The summed E-state index contributed by atoms with van der Waals surface area (Å²) >= 11 is 0. The predicted octanol–water partition coefficient (Wildman–Crippen LogP) is 10.6. The van der Waals surface area contributed by atoms with E-state index in [2.05, 4.69) is 125 Å². The number of aliphatic hydroxyl groups is 1. The van der Waals surface area contributed by atoms with E-state index in [-0.39, 0.29) is 19.1 Å². The van der Waals surface area contributed by atoms with Crippen molar-refractivity contribution in [2.75, 3.05) is 59.0 Å². The molecule has 13 heteroatoms. The fourth-order valence-corrected chi connectivity index (χ4v) is 15.1. The van der Waals surface area contributed by atoms with Crippen LogP contribution in [0.3, 0.4) is 0 Å². The molecule has 0 bridgehead atoms. The first-order valence-electron chi connectivity index (χ1n) is 23.6. The van der Waals surface area contributed by atoms with E-state index in [9.17, 15) is 14.7 Å². The first kappa shape index (κ1) is 51.5. The van der Waals surface area contributed by atoms with Crippen LogP contribution >= 0.6 is 0 Å². The SMILES string of the molecule is CCn1c(-c2cc(N3CCN(C)CC3)cnc2[C@H](C)OC)c(CC(C)(C)CO)c2cc(-c3cc(C[C@H](NC(=O)OC(C)(C)C)C(=O)OC)cc(O[Si](C(C)C)(C(C)C)C(C)C)c3)ccc21. The van der Waals surface area contributed by atoms with Crippen LogP contribution in [0.25, 0.3) is 33.3 Å². The topological polar surface area (TPSA) is 128 Å². The number of alkyl carbamates (subject to hydrolysis) is 1. The molecule has 1 aliphatic rings. The Bertz CT molecular complexity index is 2250. The van der Waals surface area contributed by atoms with Crippen molar-refractivity contribution in [2.24, 2.45) is 5.41 Å². The Morgan fingerprint density at radius 2 is 1.52 bits per heavy atom. The third-order valence-corrected chi connectivity index (χ3v) is 19.3. The molecule has 2 aromatic heterocycles. The monoisotopic (exact) mass is 914 g/mol. The van der Waals surface area contributed by atoms with Crippen LogP contribution in [0.5, 0.6) is 5.75 Å². The number of aliphatic hydroxyl groups excluding tert-OH is 1. The van der Waals surface area contributed by atoms with Crippen LogP contribution in [-0.2, 0) is 38.4 Å². The van der Waals surface area contributed by atoms with Gasteiger partial charge in [0, 0.05) is 69.3 Å². The Balaban J connectivity index is 1.78. The van der Waals surface area contributed by atoms with Gasteiger partial charge in [-0.05, 0) is 123 Å². The van der Waals surface area contributed by atoms with Crippen LogP contribution in [0, 0.1) is 5.41 Å². The van der Waals surface area contributed by atoms with Crippen LogP contribution < -0.4 is 14.6 Å². The summed E-state index contributed by atoms with van der Waals surface area (Å²) in [5.41, 5.74) is 8.76. The second-order valence-corrected chi connectivity index (χ2v) is 26.2. The number of anilines is 1. The summed E-state index contributed by atoms with van der Waals surface area (Å²) in [7, 11) is 2.78. The van der Waals surface area contributed by atoms with Crippen molar-refractivity contribution in [3.05, 3.63) is 65.5 Å². The number of likely N-dealkylation sites (N-methyl/N-ethyl adjacent to an activating group) is 1. The summed E-state index contributed by atoms with van der Waals surface area (Å²) in [6.45, 7) is 31.9. The minimum atomic E-state index is -2.44. The largest absolute Gasteiger partial charge is 0.543 e. The highest BCUT2D eigenvalue weighted by Gasteiger charge is 2.47. The summed E-state index contributed by atoms with van der Waals surface area (Å²) < 4.78 is 26.5. The number of carbonyl (C=O) groups is 2. The maximum Gasteiger partial charge on any atom is 0.408 e. The van der Waals surface area contributed by atoms with E-state index < -0.39 is 37.4 Å². The van der Waals surface area contributed by atoms with Gasteiger partial charge in [0.05, 0.1) is 36.5 Å². The van der Waals surface area contributed by atoms with Crippen molar-refractivity contribution in [1.82, 2.24) is 19.8 Å². The highest BCUT2D eigenvalue weighted by molar-refractivity contribution is 6.78. The number of rotatable bonds is 18. The van der Waals surface area contributed by atoms with Gasteiger partial charge in [-0.3, -0.25) is 4.98 Å². The Labute approximate surface area is 390 Å². The molecule has 2 aromatic carbocycles. The second kappa shape index (κ2) is 21.0. The average Bonchev–Trinajstić information content (AvgIpc) is 3.54. The van der Waals surface area contributed by atoms with E-state index in [0.29, 0.717) is 29.6 Å². The normalized spacial score (nSPS) is 15.2. The lowest BCUT2D eigenvalue weighted by Crippen LogP contribution is -2.50. The number of benzene rings is 2. The summed E-state index contributed by atoms with van der Waals surface area (Å²) in [4.78, 5) is 36.3. The molecule has 1 saturated heterocycles.